The zero-order valence-corrected chi connectivity index (χ0v) is 8.48. The molecule has 0 aromatic carbocycles. The molecule has 0 radical (unpaired) electrons. The molecule has 0 aromatic rings. The molecule has 0 aromatic heterocycles. The van der Waals surface area contributed by atoms with Crippen LogP contribution in [0.4, 0.5) is 0 Å². The van der Waals surface area contributed by atoms with E-state index in [4.69, 9.17) is 5.73 Å². The van der Waals surface area contributed by atoms with Crippen LogP contribution in [0.5, 0.6) is 0 Å². The van der Waals surface area contributed by atoms with Gasteiger partial charge in [0.2, 0.25) is 0 Å². The summed E-state index contributed by atoms with van der Waals surface area (Å²) >= 11 is 0. The molecule has 0 aliphatic heterocycles. The largest absolute Gasteiger partial charge is 0.468 e. The molecule has 0 rings (SSSR count). The molecule has 6 heteroatoms. The van der Waals surface area contributed by atoms with Crippen LogP contribution in [-0.4, -0.2) is 31.1 Å². The van der Waals surface area contributed by atoms with Gasteiger partial charge in [-0.3, -0.25) is 9.59 Å². The van der Waals surface area contributed by atoms with Gasteiger partial charge >= 0.3 is 11.9 Å². The highest BCUT2D eigenvalue weighted by molar-refractivity contribution is 5.86. The first kappa shape index (κ1) is 15.1. The van der Waals surface area contributed by atoms with E-state index in [1.54, 1.807) is 6.92 Å². The normalized spacial score (nSPS) is 10.3. The second kappa shape index (κ2) is 9.66. The highest BCUT2D eigenvalue weighted by Crippen LogP contribution is 1.83. The molecule has 0 saturated heterocycles. The minimum Gasteiger partial charge on any atom is -0.468 e. The molecule has 14 heavy (non-hydrogen) atoms. The van der Waals surface area contributed by atoms with Crippen molar-refractivity contribution in [3.8, 4) is 0 Å². The predicted octanol–water partition coefficient (Wildman–Crippen LogP) is -0.397. The molecule has 0 aliphatic carbocycles. The van der Waals surface area contributed by atoms with Crippen molar-refractivity contribution in [2.45, 2.75) is 26.8 Å². The van der Waals surface area contributed by atoms with Gasteiger partial charge in [0.1, 0.15) is 6.04 Å². The van der Waals surface area contributed by atoms with Crippen LogP contribution in [0.3, 0.4) is 0 Å². The van der Waals surface area contributed by atoms with Crippen molar-refractivity contribution in [2.75, 3.05) is 6.61 Å². The lowest BCUT2D eigenvalue weighted by Crippen LogP contribution is -2.29. The Kier molecular flexibility index (Phi) is 10.4. The van der Waals surface area contributed by atoms with Crippen LogP contribution >= 0.6 is 0 Å². The molecule has 0 fully saturated rings. The fourth-order valence-electron chi connectivity index (χ4n) is 0.303. The van der Waals surface area contributed by atoms with Crippen molar-refractivity contribution >= 4 is 18.4 Å². The second-order valence-electron chi connectivity index (χ2n) is 2.25. The SMILES string of the molecule is CC(=O)OC(=O)[C@H](C)N.CCOC=O. The van der Waals surface area contributed by atoms with Crippen LogP contribution in [0, 0.1) is 0 Å². The fourth-order valence-corrected chi connectivity index (χ4v) is 0.303. The topological polar surface area (TPSA) is 95.7 Å². The van der Waals surface area contributed by atoms with Crippen LogP contribution in [0.15, 0.2) is 0 Å². The molecular formula is C8H15NO5. The average Bonchev–Trinajstić information content (AvgIpc) is 2.05. The summed E-state index contributed by atoms with van der Waals surface area (Å²) in [5.74, 6) is -1.32. The minimum atomic E-state index is -0.728. The Morgan fingerprint density at radius 2 is 2.00 bits per heavy atom. The summed E-state index contributed by atoms with van der Waals surface area (Å²) in [6.07, 6.45) is 0. The molecule has 2 N–H and O–H groups in total. The van der Waals surface area contributed by atoms with Crippen molar-refractivity contribution in [1.29, 1.82) is 0 Å². The third-order valence-electron chi connectivity index (χ3n) is 0.851. The average molecular weight is 205 g/mol. The van der Waals surface area contributed by atoms with Gasteiger partial charge in [-0.15, -0.1) is 0 Å². The van der Waals surface area contributed by atoms with E-state index in [0.717, 1.165) is 6.92 Å². The Labute approximate surface area is 82.4 Å². The Morgan fingerprint density at radius 3 is 2.07 bits per heavy atom. The maximum Gasteiger partial charge on any atom is 0.330 e. The standard InChI is InChI=1S/C5H9NO3.C3H6O2/c1-3(6)5(8)9-4(2)7;1-2-5-3-4/h3H,6H2,1-2H3;3H,2H2,1H3/t3-;/m0./s1. The first-order chi connectivity index (χ1) is 6.45. The maximum atomic E-state index is 10.4. The summed E-state index contributed by atoms with van der Waals surface area (Å²) in [5, 5.41) is 0. The van der Waals surface area contributed by atoms with Gasteiger partial charge in [-0.2, -0.15) is 0 Å². The van der Waals surface area contributed by atoms with Gasteiger partial charge in [-0.1, -0.05) is 0 Å². The molecule has 0 amide bonds. The van der Waals surface area contributed by atoms with Crippen molar-refractivity contribution in [3.63, 3.8) is 0 Å². The molecule has 1 atom stereocenters. The second-order valence-corrected chi connectivity index (χ2v) is 2.25. The fraction of sp³-hybridized carbons (Fsp3) is 0.625. The van der Waals surface area contributed by atoms with E-state index in [1.165, 1.54) is 6.92 Å². The van der Waals surface area contributed by atoms with Gasteiger partial charge in [0.15, 0.2) is 0 Å². The third-order valence-corrected chi connectivity index (χ3v) is 0.851. The Hall–Kier alpha value is -1.43. The van der Waals surface area contributed by atoms with Crippen LogP contribution in [-0.2, 0) is 23.9 Å². The molecule has 0 aliphatic rings. The van der Waals surface area contributed by atoms with Crippen molar-refractivity contribution in [1.82, 2.24) is 0 Å². The summed E-state index contributed by atoms with van der Waals surface area (Å²) in [5.41, 5.74) is 5.06. The highest BCUT2D eigenvalue weighted by Gasteiger charge is 2.09. The summed E-state index contributed by atoms with van der Waals surface area (Å²) in [7, 11) is 0. The predicted molar refractivity (Wildman–Crippen MR) is 48.1 cm³/mol. The Bertz CT molecular complexity index is 190. The van der Waals surface area contributed by atoms with Crippen LogP contribution in [0.1, 0.15) is 20.8 Å². The van der Waals surface area contributed by atoms with E-state index in [1.807, 2.05) is 0 Å². The van der Waals surface area contributed by atoms with E-state index in [0.29, 0.717) is 13.1 Å². The zero-order valence-electron chi connectivity index (χ0n) is 8.48. The summed E-state index contributed by atoms with van der Waals surface area (Å²) in [6, 6.07) is -0.728. The van der Waals surface area contributed by atoms with E-state index in [-0.39, 0.29) is 0 Å². The molecule has 0 heterocycles. The number of hydrogen-bond acceptors (Lipinski definition) is 6. The van der Waals surface area contributed by atoms with E-state index < -0.39 is 18.0 Å². The number of rotatable bonds is 3. The smallest absolute Gasteiger partial charge is 0.330 e. The number of esters is 2. The Balaban J connectivity index is 0. The lowest BCUT2D eigenvalue weighted by atomic mass is 10.4. The van der Waals surface area contributed by atoms with E-state index in [2.05, 4.69) is 9.47 Å². The third kappa shape index (κ3) is 13.2. The van der Waals surface area contributed by atoms with Gasteiger partial charge < -0.3 is 15.2 Å². The number of nitrogens with two attached hydrogens (primary N) is 1. The quantitative estimate of drug-likeness (QED) is 0.382. The number of hydrogen-bond donors (Lipinski definition) is 1. The number of carbonyl (C=O) groups excluding carboxylic acids is 3. The van der Waals surface area contributed by atoms with Crippen molar-refractivity contribution in [2.24, 2.45) is 5.73 Å². The first-order valence-electron chi connectivity index (χ1n) is 3.98. The van der Waals surface area contributed by atoms with Gasteiger partial charge in [-0.25, -0.2) is 4.79 Å². The van der Waals surface area contributed by atoms with Crippen molar-refractivity contribution in [3.05, 3.63) is 0 Å². The lowest BCUT2D eigenvalue weighted by molar-refractivity contribution is -0.158. The molecule has 6 nitrogen and oxygen atoms in total. The van der Waals surface area contributed by atoms with Gasteiger partial charge in [-0.05, 0) is 13.8 Å². The van der Waals surface area contributed by atoms with Gasteiger partial charge in [0.25, 0.3) is 6.47 Å². The molecule has 0 bridgehead atoms. The van der Waals surface area contributed by atoms with Gasteiger partial charge in [0.05, 0.1) is 6.61 Å². The zero-order chi connectivity index (χ0) is 11.6. The highest BCUT2D eigenvalue weighted by atomic mass is 16.6. The van der Waals surface area contributed by atoms with Crippen LogP contribution in [0.25, 0.3) is 0 Å². The molecule has 82 valence electrons. The molecule has 0 unspecified atom stereocenters. The summed E-state index contributed by atoms with van der Waals surface area (Å²) in [6.45, 7) is 5.27. The van der Waals surface area contributed by atoms with Crippen LogP contribution in [0.2, 0.25) is 0 Å². The number of ether oxygens (including phenoxy) is 2. The maximum absolute atomic E-state index is 10.4. The van der Waals surface area contributed by atoms with E-state index in [9.17, 15) is 14.4 Å². The van der Waals surface area contributed by atoms with E-state index >= 15 is 0 Å². The summed E-state index contributed by atoms with van der Waals surface area (Å²) < 4.78 is 8.26. The lowest BCUT2D eigenvalue weighted by Gasteiger charge is -2.00. The monoisotopic (exact) mass is 205 g/mol. The summed E-state index contributed by atoms with van der Waals surface area (Å²) in [4.78, 5) is 29.6. The molecular weight excluding hydrogens is 190 g/mol. The molecule has 0 saturated carbocycles. The Morgan fingerprint density at radius 1 is 1.50 bits per heavy atom. The number of carbonyl (C=O) groups is 3. The molecule has 0 spiro atoms. The first-order valence-corrected chi connectivity index (χ1v) is 3.98. The van der Waals surface area contributed by atoms with Crippen molar-refractivity contribution < 1.29 is 23.9 Å². The van der Waals surface area contributed by atoms with Gasteiger partial charge in [0, 0.05) is 6.92 Å². The van der Waals surface area contributed by atoms with Crippen LogP contribution < -0.4 is 5.73 Å². The minimum absolute atomic E-state index is 0.431.